The minimum Gasteiger partial charge on any atom is -0.487 e. The maximum absolute atomic E-state index is 14.4. The van der Waals surface area contributed by atoms with Gasteiger partial charge in [0.15, 0.2) is 0 Å². The van der Waals surface area contributed by atoms with Crippen LogP contribution < -0.4 is 4.74 Å². The fraction of sp³-hybridized carbons (Fsp3) is 0.458. The van der Waals surface area contributed by atoms with E-state index in [9.17, 15) is 22.7 Å². The quantitative estimate of drug-likeness (QED) is 0.689. The van der Waals surface area contributed by atoms with Crippen molar-refractivity contribution in [1.82, 2.24) is 9.21 Å². The summed E-state index contributed by atoms with van der Waals surface area (Å²) >= 11 is 0. The lowest BCUT2D eigenvalue weighted by atomic mass is 10.0. The van der Waals surface area contributed by atoms with E-state index in [1.165, 1.54) is 22.5 Å². The van der Waals surface area contributed by atoms with Crippen molar-refractivity contribution in [3.8, 4) is 16.9 Å². The summed E-state index contributed by atoms with van der Waals surface area (Å²) in [5.41, 5.74) is 0.806. The van der Waals surface area contributed by atoms with Crippen LogP contribution in [0.1, 0.15) is 27.2 Å². The van der Waals surface area contributed by atoms with Gasteiger partial charge in [-0.15, -0.1) is 0 Å². The molecule has 2 aromatic rings. The van der Waals surface area contributed by atoms with Gasteiger partial charge in [-0.1, -0.05) is 38.1 Å². The minimum atomic E-state index is -3.99. The Bertz CT molecular complexity index is 1110. The molecule has 7 nitrogen and oxygen atoms in total. The predicted octanol–water partition coefficient (Wildman–Crippen LogP) is 3.13. The van der Waals surface area contributed by atoms with E-state index in [4.69, 9.17) is 4.74 Å². The number of aliphatic hydroxyl groups excluding tert-OH is 1. The molecule has 1 aliphatic heterocycles. The molecule has 0 bridgehead atoms. The molecule has 180 valence electrons. The fourth-order valence-electron chi connectivity index (χ4n) is 3.95. The average Bonchev–Trinajstić information content (AvgIpc) is 2.80. The van der Waals surface area contributed by atoms with Gasteiger partial charge in [0.05, 0.1) is 13.2 Å². The Labute approximate surface area is 194 Å². The number of fused-ring (bicyclic) bond motifs is 1. The molecule has 0 unspecified atom stereocenters. The van der Waals surface area contributed by atoms with Gasteiger partial charge in [-0.05, 0) is 30.7 Å². The first kappa shape index (κ1) is 25.1. The smallest absolute Gasteiger partial charge is 0.247 e. The van der Waals surface area contributed by atoms with Crippen LogP contribution in [0.5, 0.6) is 5.75 Å². The summed E-state index contributed by atoms with van der Waals surface area (Å²) in [5.74, 6) is -0.674. The summed E-state index contributed by atoms with van der Waals surface area (Å²) in [4.78, 5) is 13.7. The second-order valence-electron chi connectivity index (χ2n) is 8.51. The first-order chi connectivity index (χ1) is 15.6. The van der Waals surface area contributed by atoms with Crippen molar-refractivity contribution in [2.75, 3.05) is 26.7 Å². The number of sulfonamides is 1. The molecule has 0 aliphatic carbocycles. The lowest BCUT2D eigenvalue weighted by Crippen LogP contribution is -2.50. The van der Waals surface area contributed by atoms with Crippen LogP contribution in [0.4, 0.5) is 4.39 Å². The summed E-state index contributed by atoms with van der Waals surface area (Å²) in [5, 5.41) is 9.72. The molecular formula is C24H31FN2O5S. The van der Waals surface area contributed by atoms with Crippen molar-refractivity contribution in [3.05, 3.63) is 48.3 Å². The number of amides is 1. The average molecular weight is 479 g/mol. The maximum atomic E-state index is 14.4. The molecule has 0 radical (unpaired) electrons. The van der Waals surface area contributed by atoms with E-state index in [1.807, 2.05) is 6.92 Å². The van der Waals surface area contributed by atoms with Crippen LogP contribution in [0.2, 0.25) is 0 Å². The molecule has 3 rings (SSSR count). The van der Waals surface area contributed by atoms with Crippen LogP contribution in [0.25, 0.3) is 11.1 Å². The number of likely N-dealkylation sites (N-methyl/N-ethyl adjacent to an activating group) is 1. The third kappa shape index (κ3) is 5.20. The van der Waals surface area contributed by atoms with E-state index >= 15 is 0 Å². The van der Waals surface area contributed by atoms with Crippen LogP contribution in [-0.4, -0.2) is 67.5 Å². The number of nitrogens with zero attached hydrogens (tertiary/aromatic N) is 2. The lowest BCUT2D eigenvalue weighted by Gasteiger charge is -2.37. The number of ether oxygens (including phenoxy) is 1. The first-order valence-corrected chi connectivity index (χ1v) is 12.5. The van der Waals surface area contributed by atoms with E-state index in [0.717, 1.165) is 0 Å². The van der Waals surface area contributed by atoms with Crippen molar-refractivity contribution in [2.24, 2.45) is 5.92 Å². The highest BCUT2D eigenvalue weighted by Crippen LogP contribution is 2.37. The molecule has 0 fully saturated rings. The topological polar surface area (TPSA) is 87.2 Å². The van der Waals surface area contributed by atoms with Crippen LogP contribution in [0.3, 0.4) is 0 Å². The van der Waals surface area contributed by atoms with Crippen molar-refractivity contribution < 1.29 is 27.4 Å². The van der Waals surface area contributed by atoms with Gasteiger partial charge in [-0.25, -0.2) is 12.8 Å². The summed E-state index contributed by atoms with van der Waals surface area (Å²) < 4.78 is 49.0. The Morgan fingerprint density at radius 1 is 1.30 bits per heavy atom. The second kappa shape index (κ2) is 10.2. The van der Waals surface area contributed by atoms with Gasteiger partial charge in [-0.3, -0.25) is 4.79 Å². The van der Waals surface area contributed by atoms with E-state index in [-0.39, 0.29) is 42.2 Å². The molecule has 0 aromatic heterocycles. The van der Waals surface area contributed by atoms with Crippen molar-refractivity contribution in [2.45, 2.75) is 44.2 Å². The Morgan fingerprint density at radius 2 is 2.00 bits per heavy atom. The zero-order valence-electron chi connectivity index (χ0n) is 19.4. The molecule has 0 spiro atoms. The van der Waals surface area contributed by atoms with Crippen molar-refractivity contribution in [1.29, 1.82) is 0 Å². The highest BCUT2D eigenvalue weighted by atomic mass is 32.2. The SMILES string of the molecule is CCC(=O)N(C)C[C@@H]1Oc2cc(-c3ccccc3F)ccc2S(=O)(=O)N([C@@H](C)CO)C[C@H]1C. The van der Waals surface area contributed by atoms with E-state index in [2.05, 4.69) is 0 Å². The van der Waals surface area contributed by atoms with Gasteiger partial charge in [0.1, 0.15) is 22.6 Å². The zero-order valence-corrected chi connectivity index (χ0v) is 20.2. The van der Waals surface area contributed by atoms with Gasteiger partial charge in [-0.2, -0.15) is 4.31 Å². The Hall–Kier alpha value is -2.49. The number of rotatable bonds is 6. The van der Waals surface area contributed by atoms with Gasteiger partial charge in [0.2, 0.25) is 15.9 Å². The number of halogens is 1. The van der Waals surface area contributed by atoms with Crippen LogP contribution in [0.15, 0.2) is 47.4 Å². The largest absolute Gasteiger partial charge is 0.487 e. The number of benzene rings is 2. The highest BCUT2D eigenvalue weighted by Gasteiger charge is 2.38. The standard InChI is InChI=1S/C24H31FN2O5S/c1-5-24(29)26(4)14-22-16(2)13-27(17(3)15-28)33(30,31)23-11-10-18(12-21(23)32-22)19-8-6-7-9-20(19)25/h6-12,16-17,22,28H,5,13-15H2,1-4H3/t16-,17+,22+/m1/s1. The Morgan fingerprint density at radius 3 is 2.64 bits per heavy atom. The zero-order chi connectivity index (χ0) is 24.3. The molecule has 2 aromatic carbocycles. The second-order valence-corrected chi connectivity index (χ2v) is 10.4. The molecule has 1 amide bonds. The van der Waals surface area contributed by atoms with Gasteiger partial charge in [0.25, 0.3) is 0 Å². The molecule has 3 atom stereocenters. The van der Waals surface area contributed by atoms with Crippen molar-refractivity contribution in [3.63, 3.8) is 0 Å². The Balaban J connectivity index is 2.14. The minimum absolute atomic E-state index is 0.0516. The molecule has 0 saturated heterocycles. The van der Waals surface area contributed by atoms with E-state index in [0.29, 0.717) is 17.5 Å². The summed E-state index contributed by atoms with van der Waals surface area (Å²) in [7, 11) is -2.31. The lowest BCUT2D eigenvalue weighted by molar-refractivity contribution is -0.131. The molecule has 1 heterocycles. The third-order valence-corrected chi connectivity index (χ3v) is 8.05. The molecule has 1 N–H and O–H groups in total. The number of hydrogen-bond donors (Lipinski definition) is 1. The Kier molecular flexibility index (Phi) is 7.76. The molecule has 0 saturated carbocycles. The van der Waals surface area contributed by atoms with Gasteiger partial charge >= 0.3 is 0 Å². The summed E-state index contributed by atoms with van der Waals surface area (Å²) in [6.45, 7) is 5.31. The van der Waals surface area contributed by atoms with Crippen LogP contribution in [0, 0.1) is 11.7 Å². The summed E-state index contributed by atoms with van der Waals surface area (Å²) in [6.07, 6.45) is -0.169. The molecule has 1 aliphatic rings. The molecule has 33 heavy (non-hydrogen) atoms. The summed E-state index contributed by atoms with van der Waals surface area (Å²) in [6, 6.07) is 10.1. The first-order valence-electron chi connectivity index (χ1n) is 11.0. The molecule has 9 heteroatoms. The predicted molar refractivity (Wildman–Crippen MR) is 124 cm³/mol. The van der Waals surface area contributed by atoms with Crippen LogP contribution >= 0.6 is 0 Å². The monoisotopic (exact) mass is 478 g/mol. The van der Waals surface area contributed by atoms with E-state index in [1.54, 1.807) is 50.1 Å². The highest BCUT2D eigenvalue weighted by molar-refractivity contribution is 7.89. The fourth-order valence-corrected chi connectivity index (χ4v) is 5.77. The molecular weight excluding hydrogens is 447 g/mol. The number of carbonyl (C=O) groups excluding carboxylic acids is 1. The number of carbonyl (C=O) groups is 1. The normalized spacial score (nSPS) is 21.3. The van der Waals surface area contributed by atoms with Crippen LogP contribution in [-0.2, 0) is 14.8 Å². The van der Waals surface area contributed by atoms with Gasteiger partial charge in [0, 0.05) is 37.5 Å². The number of aliphatic hydroxyl groups is 1. The van der Waals surface area contributed by atoms with Crippen molar-refractivity contribution >= 4 is 15.9 Å². The van der Waals surface area contributed by atoms with Gasteiger partial charge < -0.3 is 14.7 Å². The number of hydrogen-bond acceptors (Lipinski definition) is 5. The third-order valence-electron chi connectivity index (χ3n) is 6.03. The maximum Gasteiger partial charge on any atom is 0.247 e. The van der Waals surface area contributed by atoms with E-state index < -0.39 is 28.0 Å².